The number of nitrogens with two attached hydrogens (primary N) is 1. The number of nitrogen functional groups attached to an aromatic ring is 1. The summed E-state index contributed by atoms with van der Waals surface area (Å²) in [6.07, 6.45) is 2.45. The van der Waals surface area contributed by atoms with E-state index < -0.39 is 0 Å². The van der Waals surface area contributed by atoms with Crippen LogP contribution in [0.3, 0.4) is 0 Å². The number of fused-ring (bicyclic) bond motifs is 1. The smallest absolute Gasteiger partial charge is 0.228 e. The summed E-state index contributed by atoms with van der Waals surface area (Å²) in [5, 5.41) is 0. The molecule has 0 aliphatic rings. The number of nitrogens with one attached hydrogen (secondary N) is 1. The minimum absolute atomic E-state index is 0.113. The van der Waals surface area contributed by atoms with Crippen LogP contribution in [0.5, 0.6) is 0 Å². The molecule has 0 saturated heterocycles. The molecule has 21 heavy (non-hydrogen) atoms. The topological polar surface area (TPSA) is 84.9 Å². The van der Waals surface area contributed by atoms with Crippen molar-refractivity contribution >= 4 is 17.0 Å². The molecule has 0 saturated carbocycles. The van der Waals surface area contributed by atoms with Crippen LogP contribution in [0.15, 0.2) is 41.7 Å². The highest BCUT2D eigenvalue weighted by molar-refractivity contribution is 5.80. The van der Waals surface area contributed by atoms with Crippen LogP contribution in [0.25, 0.3) is 11.2 Å². The van der Waals surface area contributed by atoms with E-state index >= 15 is 0 Å². The fourth-order valence-electron chi connectivity index (χ4n) is 2.32. The van der Waals surface area contributed by atoms with E-state index in [1.165, 1.54) is 5.56 Å². The molecule has 0 fully saturated rings. The van der Waals surface area contributed by atoms with E-state index in [2.05, 4.69) is 39.0 Å². The molecule has 0 bridgehead atoms. The molecule has 2 heterocycles. The maximum absolute atomic E-state index is 6.08. The van der Waals surface area contributed by atoms with Crippen LogP contribution < -0.4 is 11.4 Å². The highest BCUT2D eigenvalue weighted by atomic mass is 15.2. The van der Waals surface area contributed by atoms with Crippen LogP contribution in [-0.2, 0) is 13.5 Å². The molecule has 108 valence electrons. The third-order valence-electron chi connectivity index (χ3n) is 3.45. The van der Waals surface area contributed by atoms with Gasteiger partial charge >= 0.3 is 0 Å². The Balaban J connectivity index is 1.97. The van der Waals surface area contributed by atoms with Crippen molar-refractivity contribution in [1.82, 2.24) is 19.5 Å². The SMILES string of the molecule is C[C@H](Cc1ccccc1)N=c1nc2nc[nH]c2c(N)n1C. The van der Waals surface area contributed by atoms with E-state index in [0.29, 0.717) is 17.1 Å². The lowest BCUT2D eigenvalue weighted by Crippen LogP contribution is -2.27. The highest BCUT2D eigenvalue weighted by Crippen LogP contribution is 2.11. The normalized spacial score (nSPS) is 13.7. The number of rotatable bonds is 3. The van der Waals surface area contributed by atoms with E-state index in [9.17, 15) is 0 Å². The lowest BCUT2D eigenvalue weighted by Gasteiger charge is -2.09. The van der Waals surface area contributed by atoms with Gasteiger partial charge in [-0.2, -0.15) is 4.98 Å². The minimum Gasteiger partial charge on any atom is -0.383 e. The van der Waals surface area contributed by atoms with Crippen molar-refractivity contribution < 1.29 is 0 Å². The largest absolute Gasteiger partial charge is 0.383 e. The van der Waals surface area contributed by atoms with Gasteiger partial charge in [0.15, 0.2) is 5.65 Å². The maximum atomic E-state index is 6.08. The summed E-state index contributed by atoms with van der Waals surface area (Å²) in [7, 11) is 1.86. The van der Waals surface area contributed by atoms with E-state index in [1.807, 2.05) is 25.2 Å². The van der Waals surface area contributed by atoms with Gasteiger partial charge in [0.25, 0.3) is 0 Å². The van der Waals surface area contributed by atoms with Crippen LogP contribution >= 0.6 is 0 Å². The quantitative estimate of drug-likeness (QED) is 0.761. The third kappa shape index (κ3) is 2.65. The Morgan fingerprint density at radius 2 is 2.10 bits per heavy atom. The van der Waals surface area contributed by atoms with Gasteiger partial charge in [0.2, 0.25) is 5.62 Å². The van der Waals surface area contributed by atoms with Gasteiger partial charge in [0.05, 0.1) is 12.4 Å². The van der Waals surface area contributed by atoms with Gasteiger partial charge in [-0.3, -0.25) is 4.57 Å². The van der Waals surface area contributed by atoms with E-state index in [0.717, 1.165) is 11.9 Å². The zero-order valence-corrected chi connectivity index (χ0v) is 12.1. The van der Waals surface area contributed by atoms with Crippen LogP contribution in [0.2, 0.25) is 0 Å². The molecule has 2 aromatic heterocycles. The Morgan fingerprint density at radius 1 is 1.33 bits per heavy atom. The first-order valence-corrected chi connectivity index (χ1v) is 6.88. The van der Waals surface area contributed by atoms with Crippen molar-refractivity contribution in [3.05, 3.63) is 47.8 Å². The monoisotopic (exact) mass is 282 g/mol. The number of hydrogen-bond acceptors (Lipinski definition) is 4. The number of aromatic amines is 1. The molecule has 0 radical (unpaired) electrons. The standard InChI is InChI=1S/C15H18N6/c1-10(8-11-6-4-3-5-7-11)19-15-20-14-12(17-9-18-14)13(16)21(15)2/h3-7,9-10H,8,16H2,1-2H3,(H,17,18,19,20)/t10-/m1/s1. The van der Waals surface area contributed by atoms with Crippen molar-refractivity contribution in [2.75, 3.05) is 5.73 Å². The fourth-order valence-corrected chi connectivity index (χ4v) is 2.32. The molecule has 3 aromatic rings. The first kappa shape index (κ1) is 13.4. The molecule has 6 heteroatoms. The Kier molecular flexibility index (Phi) is 3.43. The number of aromatic nitrogens is 4. The number of imidazole rings is 1. The van der Waals surface area contributed by atoms with Crippen LogP contribution in [0.1, 0.15) is 12.5 Å². The predicted molar refractivity (Wildman–Crippen MR) is 82.4 cm³/mol. The summed E-state index contributed by atoms with van der Waals surface area (Å²) in [5.74, 6) is 0.586. The molecule has 1 atom stereocenters. The first-order chi connectivity index (χ1) is 10.1. The van der Waals surface area contributed by atoms with Gasteiger partial charge < -0.3 is 10.7 Å². The molecule has 0 aliphatic heterocycles. The van der Waals surface area contributed by atoms with Gasteiger partial charge in [-0.25, -0.2) is 9.98 Å². The number of H-pyrrole nitrogens is 1. The average Bonchev–Trinajstić information content (AvgIpc) is 2.94. The summed E-state index contributed by atoms with van der Waals surface area (Å²) in [6, 6.07) is 10.4. The van der Waals surface area contributed by atoms with E-state index in [4.69, 9.17) is 5.73 Å². The molecular formula is C15H18N6. The third-order valence-corrected chi connectivity index (χ3v) is 3.45. The second kappa shape index (κ2) is 5.40. The van der Waals surface area contributed by atoms with Crippen LogP contribution in [0.4, 0.5) is 5.82 Å². The Labute approximate surface area is 122 Å². The molecular weight excluding hydrogens is 264 g/mol. The summed E-state index contributed by atoms with van der Waals surface area (Å²) in [5.41, 5.74) is 9.27. The van der Waals surface area contributed by atoms with Crippen molar-refractivity contribution in [3.63, 3.8) is 0 Å². The second-order valence-electron chi connectivity index (χ2n) is 5.13. The molecule has 0 unspecified atom stereocenters. The number of benzene rings is 1. The zero-order valence-electron chi connectivity index (χ0n) is 12.1. The van der Waals surface area contributed by atoms with Gasteiger partial charge in [-0.1, -0.05) is 30.3 Å². The summed E-state index contributed by atoms with van der Waals surface area (Å²) in [6.45, 7) is 2.07. The Bertz CT molecular complexity index is 815. The Morgan fingerprint density at radius 3 is 2.86 bits per heavy atom. The van der Waals surface area contributed by atoms with Crippen molar-refractivity contribution in [3.8, 4) is 0 Å². The van der Waals surface area contributed by atoms with Crippen molar-refractivity contribution in [1.29, 1.82) is 0 Å². The summed E-state index contributed by atoms with van der Waals surface area (Å²) < 4.78 is 1.78. The summed E-state index contributed by atoms with van der Waals surface area (Å²) in [4.78, 5) is 16.3. The van der Waals surface area contributed by atoms with Gasteiger partial charge in [-0.15, -0.1) is 0 Å². The first-order valence-electron chi connectivity index (χ1n) is 6.88. The minimum atomic E-state index is 0.113. The molecule has 6 nitrogen and oxygen atoms in total. The van der Waals surface area contributed by atoms with Gasteiger partial charge in [0, 0.05) is 7.05 Å². The maximum Gasteiger partial charge on any atom is 0.228 e. The van der Waals surface area contributed by atoms with E-state index in [1.54, 1.807) is 10.9 Å². The zero-order chi connectivity index (χ0) is 14.8. The highest BCUT2D eigenvalue weighted by Gasteiger charge is 2.08. The molecule has 1 aromatic carbocycles. The molecule has 0 amide bonds. The van der Waals surface area contributed by atoms with E-state index in [-0.39, 0.29) is 6.04 Å². The number of anilines is 1. The van der Waals surface area contributed by atoms with Crippen LogP contribution in [-0.4, -0.2) is 25.6 Å². The lowest BCUT2D eigenvalue weighted by molar-refractivity contribution is 0.670. The molecule has 3 N–H and O–H groups in total. The Hall–Kier alpha value is -2.63. The average molecular weight is 282 g/mol. The van der Waals surface area contributed by atoms with Crippen molar-refractivity contribution in [2.45, 2.75) is 19.4 Å². The fraction of sp³-hybridized carbons (Fsp3) is 0.267. The van der Waals surface area contributed by atoms with Gasteiger partial charge in [-0.05, 0) is 18.9 Å². The van der Waals surface area contributed by atoms with Gasteiger partial charge in [0.1, 0.15) is 11.3 Å². The number of nitrogens with zero attached hydrogens (tertiary/aromatic N) is 4. The number of hydrogen-bond donors (Lipinski definition) is 2. The lowest BCUT2D eigenvalue weighted by atomic mass is 10.1. The second-order valence-corrected chi connectivity index (χ2v) is 5.13. The molecule has 3 rings (SSSR count). The van der Waals surface area contributed by atoms with Crippen LogP contribution in [0, 0.1) is 0 Å². The molecule has 0 spiro atoms. The predicted octanol–water partition coefficient (Wildman–Crippen LogP) is 1.41. The van der Waals surface area contributed by atoms with Crippen molar-refractivity contribution in [2.24, 2.45) is 12.0 Å². The molecule has 0 aliphatic carbocycles. The summed E-state index contributed by atoms with van der Waals surface area (Å²) >= 11 is 0.